The summed E-state index contributed by atoms with van der Waals surface area (Å²) in [6, 6.07) is 16.1. The summed E-state index contributed by atoms with van der Waals surface area (Å²) in [7, 11) is 1.56. The summed E-state index contributed by atoms with van der Waals surface area (Å²) in [6.07, 6.45) is -0.715. The van der Waals surface area contributed by atoms with Crippen LogP contribution in [0.2, 0.25) is 0 Å². The summed E-state index contributed by atoms with van der Waals surface area (Å²) in [5, 5.41) is 10.1. The van der Waals surface area contributed by atoms with E-state index in [0.29, 0.717) is 17.1 Å². The van der Waals surface area contributed by atoms with Crippen LogP contribution in [0.5, 0.6) is 11.5 Å². The van der Waals surface area contributed by atoms with Gasteiger partial charge in [-0.3, -0.25) is 10.7 Å². The molecule has 0 saturated heterocycles. The monoisotopic (exact) mass is 269 g/mol. The van der Waals surface area contributed by atoms with E-state index in [1.807, 2.05) is 0 Å². The lowest BCUT2D eigenvalue weighted by Crippen LogP contribution is -2.32. The number of benzene rings is 2. The molecular formula is C15H13N2O3. The van der Waals surface area contributed by atoms with E-state index in [1.165, 1.54) is 0 Å². The van der Waals surface area contributed by atoms with E-state index in [2.05, 4.69) is 11.4 Å². The van der Waals surface area contributed by atoms with E-state index in [-0.39, 0.29) is 5.84 Å². The number of methoxy groups -OCH3 is 1. The molecule has 5 nitrogen and oxygen atoms in total. The van der Waals surface area contributed by atoms with E-state index in [4.69, 9.17) is 14.9 Å². The van der Waals surface area contributed by atoms with Gasteiger partial charge in [0.2, 0.25) is 0 Å². The van der Waals surface area contributed by atoms with Gasteiger partial charge in [-0.05, 0) is 30.3 Å². The maximum atomic E-state index is 11.6. The minimum atomic E-state index is -0.715. The molecule has 0 bridgehead atoms. The highest BCUT2D eigenvalue weighted by Gasteiger charge is 2.08. The van der Waals surface area contributed by atoms with Gasteiger partial charge in [-0.15, -0.1) is 0 Å². The molecule has 0 saturated carbocycles. The Balaban J connectivity index is 1.93. The molecule has 2 aromatic rings. The molecule has 0 unspecified atom stereocenters. The van der Waals surface area contributed by atoms with Crippen molar-refractivity contribution in [3.8, 4) is 11.5 Å². The Morgan fingerprint density at radius 2 is 1.70 bits per heavy atom. The zero-order chi connectivity index (χ0) is 14.4. The molecule has 2 N–H and O–H groups in total. The van der Waals surface area contributed by atoms with Crippen LogP contribution in [0.15, 0.2) is 48.5 Å². The number of amidine groups is 1. The normalized spacial score (nSPS) is 9.65. The number of ether oxygens (including phenoxy) is 2. The van der Waals surface area contributed by atoms with Crippen LogP contribution < -0.4 is 14.8 Å². The summed E-state index contributed by atoms with van der Waals surface area (Å²) < 4.78 is 10.1. The van der Waals surface area contributed by atoms with Crippen molar-refractivity contribution in [2.75, 3.05) is 7.11 Å². The van der Waals surface area contributed by atoms with E-state index in [9.17, 15) is 4.79 Å². The average Bonchev–Trinajstić information content (AvgIpc) is 2.49. The fourth-order valence-electron chi connectivity index (χ4n) is 1.50. The third-order valence-corrected chi connectivity index (χ3v) is 2.50. The van der Waals surface area contributed by atoms with Gasteiger partial charge in [0.15, 0.2) is 0 Å². The predicted molar refractivity (Wildman–Crippen MR) is 74.3 cm³/mol. The molecule has 2 aromatic carbocycles. The lowest BCUT2D eigenvalue weighted by Gasteiger charge is -2.08. The van der Waals surface area contributed by atoms with Crippen LogP contribution in [-0.4, -0.2) is 19.0 Å². The standard InChI is InChI=1S/C15H13N2O3/c1-19-12-7-9-13(10-8-12)20-15(18)17-14(16)11-5-3-2-4-6-11/h3-10H,1H3,(H2,16,17,18). The molecule has 2 rings (SSSR count). The first-order chi connectivity index (χ1) is 9.69. The number of rotatable bonds is 3. The Morgan fingerprint density at radius 1 is 1.10 bits per heavy atom. The Kier molecular flexibility index (Phi) is 4.34. The van der Waals surface area contributed by atoms with Crippen LogP contribution in [0, 0.1) is 11.5 Å². The van der Waals surface area contributed by atoms with E-state index in [1.54, 1.807) is 55.6 Å². The van der Waals surface area contributed by atoms with Crippen molar-refractivity contribution >= 4 is 11.9 Å². The van der Waals surface area contributed by atoms with Crippen LogP contribution in [0.3, 0.4) is 0 Å². The molecule has 0 aliphatic rings. The summed E-state index contributed by atoms with van der Waals surface area (Å²) in [5.41, 5.74) is 0.579. The van der Waals surface area contributed by atoms with Gasteiger partial charge in [0.25, 0.3) is 0 Å². The number of hydrogen-bond donors (Lipinski definition) is 2. The number of nitrogens with one attached hydrogen (secondary N) is 2. The van der Waals surface area contributed by atoms with Crippen LogP contribution >= 0.6 is 0 Å². The molecular weight excluding hydrogens is 256 g/mol. The van der Waals surface area contributed by atoms with Crippen LogP contribution in [0.25, 0.3) is 0 Å². The van der Waals surface area contributed by atoms with Crippen LogP contribution in [-0.2, 0) is 0 Å². The molecule has 1 radical (unpaired) electrons. The van der Waals surface area contributed by atoms with Gasteiger partial charge in [-0.1, -0.05) is 24.3 Å². The quantitative estimate of drug-likeness (QED) is 0.664. The summed E-state index contributed by atoms with van der Waals surface area (Å²) in [4.78, 5) is 11.6. The first kappa shape index (κ1) is 13.6. The van der Waals surface area contributed by atoms with Crippen molar-refractivity contribution in [2.24, 2.45) is 0 Å². The molecule has 0 atom stereocenters. The smallest absolute Gasteiger partial charge is 0.418 e. The molecule has 0 fully saturated rings. The topological polar surface area (TPSA) is 71.4 Å². The third-order valence-electron chi connectivity index (χ3n) is 2.50. The van der Waals surface area contributed by atoms with E-state index >= 15 is 0 Å². The Hall–Kier alpha value is -2.82. The molecule has 0 heterocycles. The largest absolute Gasteiger partial charge is 0.497 e. The van der Waals surface area contributed by atoms with Gasteiger partial charge >= 0.3 is 6.09 Å². The molecule has 0 aliphatic carbocycles. The van der Waals surface area contributed by atoms with Crippen molar-refractivity contribution in [3.63, 3.8) is 0 Å². The molecule has 5 heteroatoms. The maximum absolute atomic E-state index is 11.6. The van der Waals surface area contributed by atoms with Crippen LogP contribution in [0.1, 0.15) is 5.56 Å². The minimum Gasteiger partial charge on any atom is -0.497 e. The second kappa shape index (κ2) is 6.38. The molecule has 0 aliphatic heterocycles. The van der Waals surface area contributed by atoms with Crippen molar-refractivity contribution in [3.05, 3.63) is 60.2 Å². The van der Waals surface area contributed by atoms with Gasteiger partial charge in [0, 0.05) is 5.56 Å². The van der Waals surface area contributed by atoms with Gasteiger partial charge in [0.1, 0.15) is 17.3 Å². The molecule has 0 aromatic heterocycles. The summed E-state index contributed by atoms with van der Waals surface area (Å²) in [6.45, 7) is 0. The number of carbonyl (C=O) groups excluding carboxylic acids is 1. The van der Waals surface area contributed by atoms with Crippen molar-refractivity contribution < 1.29 is 14.3 Å². The average molecular weight is 269 g/mol. The Labute approximate surface area is 116 Å². The highest BCUT2D eigenvalue weighted by atomic mass is 16.6. The van der Waals surface area contributed by atoms with E-state index in [0.717, 1.165) is 0 Å². The zero-order valence-corrected chi connectivity index (χ0v) is 10.8. The van der Waals surface area contributed by atoms with Crippen molar-refractivity contribution in [2.45, 2.75) is 0 Å². The lowest BCUT2D eigenvalue weighted by atomic mass is 10.2. The fraction of sp³-hybridized carbons (Fsp3) is 0.0667. The zero-order valence-electron chi connectivity index (χ0n) is 10.8. The van der Waals surface area contributed by atoms with Gasteiger partial charge in [-0.25, -0.2) is 4.79 Å². The maximum Gasteiger partial charge on any atom is 0.418 e. The highest BCUT2D eigenvalue weighted by molar-refractivity contribution is 6.04. The SMILES string of the molecule is COc1ccc(OC(=O)NC(=N)c2cc[c]cc2)cc1. The summed E-state index contributed by atoms with van der Waals surface area (Å²) in [5.74, 6) is 1.01. The first-order valence-corrected chi connectivity index (χ1v) is 5.87. The molecule has 0 spiro atoms. The highest BCUT2D eigenvalue weighted by Crippen LogP contribution is 2.16. The lowest BCUT2D eigenvalue weighted by molar-refractivity contribution is 0.206. The van der Waals surface area contributed by atoms with Crippen LogP contribution in [0.4, 0.5) is 4.79 Å². The number of amides is 1. The van der Waals surface area contributed by atoms with Gasteiger partial charge in [-0.2, -0.15) is 0 Å². The second-order valence-electron chi connectivity index (χ2n) is 3.85. The summed E-state index contributed by atoms with van der Waals surface area (Å²) >= 11 is 0. The predicted octanol–water partition coefficient (Wildman–Crippen LogP) is 2.61. The third kappa shape index (κ3) is 3.58. The van der Waals surface area contributed by atoms with Gasteiger partial charge in [0.05, 0.1) is 7.11 Å². The number of hydrogen-bond acceptors (Lipinski definition) is 4. The fourth-order valence-corrected chi connectivity index (χ4v) is 1.50. The molecule has 20 heavy (non-hydrogen) atoms. The Bertz CT molecular complexity index is 594. The van der Waals surface area contributed by atoms with E-state index < -0.39 is 6.09 Å². The minimum absolute atomic E-state index is 0.0301. The van der Waals surface area contributed by atoms with Gasteiger partial charge < -0.3 is 9.47 Å². The van der Waals surface area contributed by atoms with Crippen molar-refractivity contribution in [1.29, 1.82) is 5.41 Å². The second-order valence-corrected chi connectivity index (χ2v) is 3.85. The molecule has 1 amide bonds. The first-order valence-electron chi connectivity index (χ1n) is 5.87. The molecule has 101 valence electrons. The Morgan fingerprint density at radius 3 is 2.30 bits per heavy atom. The number of carbonyl (C=O) groups is 1. The van der Waals surface area contributed by atoms with Crippen molar-refractivity contribution in [1.82, 2.24) is 5.32 Å².